The third kappa shape index (κ3) is 9.28. The van der Waals surface area contributed by atoms with Crippen LogP contribution in [0.25, 0.3) is 0 Å². The average Bonchev–Trinajstić information content (AvgIpc) is 2.74. The number of rotatable bonds is 6. The van der Waals surface area contributed by atoms with E-state index in [2.05, 4.69) is 38.0 Å². The first-order valence-electron chi connectivity index (χ1n) is 7.12. The van der Waals surface area contributed by atoms with Crippen LogP contribution in [0.1, 0.15) is 47.0 Å². The molecule has 1 saturated heterocycles. The lowest BCUT2D eigenvalue weighted by Gasteiger charge is -2.16. The van der Waals surface area contributed by atoms with Crippen molar-refractivity contribution in [1.29, 1.82) is 0 Å². The molecule has 1 atom stereocenters. The lowest BCUT2D eigenvalue weighted by atomic mass is 10.1. The highest BCUT2D eigenvalue weighted by molar-refractivity contribution is 5.69. The number of amides is 1. The summed E-state index contributed by atoms with van der Waals surface area (Å²) in [4.78, 5) is 12.7. The van der Waals surface area contributed by atoms with Crippen molar-refractivity contribution in [3.63, 3.8) is 0 Å². The topological polar surface area (TPSA) is 41.6 Å². The molecule has 4 heteroatoms. The predicted octanol–water partition coefficient (Wildman–Crippen LogP) is 2.88. The Bertz CT molecular complexity index is 220. The number of nitrogens with one attached hydrogen (secondary N) is 1. The number of hydrogen-bond donors (Lipinski definition) is 1. The quantitative estimate of drug-likeness (QED) is 0.796. The van der Waals surface area contributed by atoms with Crippen LogP contribution in [-0.4, -0.2) is 43.8 Å². The van der Waals surface area contributed by atoms with E-state index >= 15 is 0 Å². The Balaban J connectivity index is 0.000000327. The molecule has 1 unspecified atom stereocenters. The van der Waals surface area contributed by atoms with E-state index < -0.39 is 0 Å². The van der Waals surface area contributed by atoms with Gasteiger partial charge in [-0.15, -0.1) is 0 Å². The molecule has 4 nitrogen and oxygen atoms in total. The number of alkyl carbamates (subject to hydrolysis) is 1. The van der Waals surface area contributed by atoms with E-state index in [0.29, 0.717) is 6.54 Å². The van der Waals surface area contributed by atoms with Crippen molar-refractivity contribution < 1.29 is 9.53 Å². The van der Waals surface area contributed by atoms with Crippen LogP contribution in [0, 0.1) is 5.92 Å². The lowest BCUT2D eigenvalue weighted by molar-refractivity contribution is 0.138. The Kier molecular flexibility index (Phi) is 9.74. The first-order valence-corrected chi connectivity index (χ1v) is 7.12. The van der Waals surface area contributed by atoms with Crippen molar-refractivity contribution in [3.8, 4) is 0 Å². The first-order chi connectivity index (χ1) is 8.49. The van der Waals surface area contributed by atoms with Gasteiger partial charge in [0.2, 0.25) is 0 Å². The Hall–Kier alpha value is -0.770. The van der Waals surface area contributed by atoms with Crippen molar-refractivity contribution in [2.75, 3.05) is 26.7 Å². The summed E-state index contributed by atoms with van der Waals surface area (Å²) in [5.74, 6) is 0.847. The summed E-state index contributed by atoms with van der Waals surface area (Å²) in [7, 11) is 2.20. The summed E-state index contributed by atoms with van der Waals surface area (Å²) >= 11 is 0. The van der Waals surface area contributed by atoms with Crippen molar-refractivity contribution in [3.05, 3.63) is 0 Å². The highest BCUT2D eigenvalue weighted by atomic mass is 16.6. The van der Waals surface area contributed by atoms with Gasteiger partial charge in [-0.3, -0.25) is 0 Å². The fourth-order valence-electron chi connectivity index (χ4n) is 1.63. The molecule has 0 aromatic rings. The first kappa shape index (κ1) is 17.2. The van der Waals surface area contributed by atoms with E-state index in [9.17, 15) is 4.79 Å². The Labute approximate surface area is 112 Å². The number of carbonyl (C=O) groups is 1. The molecular formula is C14H30N2O2. The van der Waals surface area contributed by atoms with Crippen molar-refractivity contribution >= 4 is 6.09 Å². The second-order valence-electron chi connectivity index (χ2n) is 5.30. The minimum absolute atomic E-state index is 0.113. The van der Waals surface area contributed by atoms with Crippen LogP contribution < -0.4 is 5.32 Å². The summed E-state index contributed by atoms with van der Waals surface area (Å²) in [6.07, 6.45) is 3.34. The minimum atomic E-state index is -0.281. The largest absolute Gasteiger partial charge is 0.444 e. The third-order valence-corrected chi connectivity index (χ3v) is 2.90. The van der Waals surface area contributed by atoms with Gasteiger partial charge in [0.15, 0.2) is 0 Å². The molecule has 1 aliphatic rings. The Morgan fingerprint density at radius 2 is 2.06 bits per heavy atom. The molecular weight excluding hydrogens is 228 g/mol. The molecule has 0 aliphatic carbocycles. The van der Waals surface area contributed by atoms with Crippen molar-refractivity contribution in [2.24, 2.45) is 5.92 Å². The SMILES string of the molecule is CCC1CNC(=O)O1.CCCN(C)CCC(C)C. The van der Waals surface area contributed by atoms with Gasteiger partial charge in [0.05, 0.1) is 6.54 Å². The number of cyclic esters (lactones) is 1. The Morgan fingerprint density at radius 1 is 1.39 bits per heavy atom. The van der Waals surface area contributed by atoms with Crippen LogP contribution in [0.2, 0.25) is 0 Å². The smallest absolute Gasteiger partial charge is 0.407 e. The van der Waals surface area contributed by atoms with Gasteiger partial charge in [-0.05, 0) is 45.3 Å². The zero-order valence-corrected chi connectivity index (χ0v) is 12.7. The van der Waals surface area contributed by atoms with Gasteiger partial charge in [0.1, 0.15) is 6.10 Å². The molecule has 0 aromatic carbocycles. The van der Waals surface area contributed by atoms with Gasteiger partial charge in [-0.2, -0.15) is 0 Å². The van der Waals surface area contributed by atoms with Crippen LogP contribution in [0.3, 0.4) is 0 Å². The van der Waals surface area contributed by atoms with E-state index in [4.69, 9.17) is 4.74 Å². The van der Waals surface area contributed by atoms with Crippen molar-refractivity contribution in [2.45, 2.75) is 53.1 Å². The molecule has 18 heavy (non-hydrogen) atoms. The number of carbonyl (C=O) groups excluding carboxylic acids is 1. The van der Waals surface area contributed by atoms with Gasteiger partial charge in [-0.1, -0.05) is 27.7 Å². The molecule has 1 heterocycles. The molecule has 0 saturated carbocycles. The van der Waals surface area contributed by atoms with Crippen LogP contribution in [0.5, 0.6) is 0 Å². The Morgan fingerprint density at radius 3 is 2.39 bits per heavy atom. The monoisotopic (exact) mass is 258 g/mol. The fourth-order valence-corrected chi connectivity index (χ4v) is 1.63. The average molecular weight is 258 g/mol. The predicted molar refractivity (Wildman–Crippen MR) is 75.8 cm³/mol. The van der Waals surface area contributed by atoms with Gasteiger partial charge in [0.25, 0.3) is 0 Å². The highest BCUT2D eigenvalue weighted by Gasteiger charge is 2.19. The lowest BCUT2D eigenvalue weighted by Crippen LogP contribution is -2.21. The number of hydrogen-bond acceptors (Lipinski definition) is 3. The molecule has 0 radical (unpaired) electrons. The van der Waals surface area contributed by atoms with Crippen LogP contribution in [0.4, 0.5) is 4.79 Å². The molecule has 1 fully saturated rings. The normalized spacial score (nSPS) is 18.4. The summed E-state index contributed by atoms with van der Waals surface area (Å²) in [6.45, 7) is 11.9. The summed E-state index contributed by atoms with van der Waals surface area (Å²) in [5, 5.41) is 2.56. The van der Waals surface area contributed by atoms with E-state index in [0.717, 1.165) is 12.3 Å². The second-order valence-corrected chi connectivity index (χ2v) is 5.30. The third-order valence-electron chi connectivity index (χ3n) is 2.90. The van der Waals surface area contributed by atoms with Crippen molar-refractivity contribution in [1.82, 2.24) is 10.2 Å². The van der Waals surface area contributed by atoms with Gasteiger partial charge in [0, 0.05) is 0 Å². The van der Waals surface area contributed by atoms with E-state index in [1.807, 2.05) is 6.92 Å². The van der Waals surface area contributed by atoms with Crippen LogP contribution >= 0.6 is 0 Å². The molecule has 0 aromatic heterocycles. The summed E-state index contributed by atoms with van der Waals surface area (Å²) in [5.41, 5.74) is 0. The van der Waals surface area contributed by atoms with E-state index in [-0.39, 0.29) is 12.2 Å². The van der Waals surface area contributed by atoms with Gasteiger partial charge in [-0.25, -0.2) is 4.79 Å². The zero-order valence-electron chi connectivity index (χ0n) is 12.7. The number of ether oxygens (including phenoxy) is 1. The second kappa shape index (κ2) is 10.2. The minimum Gasteiger partial charge on any atom is -0.444 e. The molecule has 1 rings (SSSR count). The maximum atomic E-state index is 10.3. The number of nitrogens with zero attached hydrogens (tertiary/aromatic N) is 1. The summed E-state index contributed by atoms with van der Waals surface area (Å²) < 4.78 is 4.76. The maximum absolute atomic E-state index is 10.3. The van der Waals surface area contributed by atoms with Crippen LogP contribution in [0.15, 0.2) is 0 Å². The molecule has 108 valence electrons. The van der Waals surface area contributed by atoms with E-state index in [1.165, 1.54) is 25.9 Å². The van der Waals surface area contributed by atoms with Crippen LogP contribution in [-0.2, 0) is 4.74 Å². The van der Waals surface area contributed by atoms with Gasteiger partial charge >= 0.3 is 6.09 Å². The van der Waals surface area contributed by atoms with E-state index in [1.54, 1.807) is 0 Å². The standard InChI is InChI=1S/C9H21N.C5H9NO2/c1-5-7-10(4)8-6-9(2)3;1-2-4-3-6-5(7)8-4/h9H,5-8H2,1-4H3;4H,2-3H2,1H3,(H,6,7). The van der Waals surface area contributed by atoms with Gasteiger partial charge < -0.3 is 15.0 Å². The fraction of sp³-hybridized carbons (Fsp3) is 0.929. The highest BCUT2D eigenvalue weighted by Crippen LogP contribution is 2.02. The molecule has 1 amide bonds. The molecule has 1 N–H and O–H groups in total. The zero-order chi connectivity index (χ0) is 14.0. The molecule has 0 bridgehead atoms. The summed E-state index contributed by atoms with van der Waals surface area (Å²) in [6, 6.07) is 0. The molecule has 0 spiro atoms. The maximum Gasteiger partial charge on any atom is 0.407 e. The molecule has 1 aliphatic heterocycles.